The third-order valence-corrected chi connectivity index (χ3v) is 5.06. The van der Waals surface area contributed by atoms with Crippen LogP contribution in [0.1, 0.15) is 54.9 Å². The highest BCUT2D eigenvalue weighted by Gasteiger charge is 2.32. The average Bonchev–Trinajstić information content (AvgIpc) is 2.85. The van der Waals surface area contributed by atoms with Crippen molar-refractivity contribution in [1.82, 2.24) is 5.32 Å². The van der Waals surface area contributed by atoms with Crippen molar-refractivity contribution in [1.29, 1.82) is 0 Å². The molecule has 104 valence electrons. The number of hydrogen-bond donors (Lipinski definition) is 1. The lowest BCUT2D eigenvalue weighted by Crippen LogP contribution is -2.35. The molecule has 0 saturated heterocycles. The van der Waals surface area contributed by atoms with E-state index in [0.29, 0.717) is 5.41 Å². The van der Waals surface area contributed by atoms with Gasteiger partial charge in [0.2, 0.25) is 0 Å². The Bertz CT molecular complexity index is 464. The van der Waals surface area contributed by atoms with Crippen LogP contribution >= 0.6 is 15.9 Å². The standard InChI is InChI=1S/C16H22BrNO/c1-3-16(8-4-5-9-16)11-18-15(19)13-7-6-12(2)10-14(13)17/h6-7,10H,3-5,8-9,11H2,1-2H3,(H,18,19). The van der Waals surface area contributed by atoms with Gasteiger partial charge >= 0.3 is 0 Å². The summed E-state index contributed by atoms with van der Waals surface area (Å²) in [5.41, 5.74) is 2.23. The van der Waals surface area contributed by atoms with Gasteiger partial charge in [0.1, 0.15) is 0 Å². The van der Waals surface area contributed by atoms with E-state index in [1.165, 1.54) is 25.7 Å². The predicted octanol–water partition coefficient (Wildman–Crippen LogP) is 4.46. The summed E-state index contributed by atoms with van der Waals surface area (Å²) in [4.78, 5) is 12.3. The van der Waals surface area contributed by atoms with Gasteiger partial charge < -0.3 is 5.32 Å². The topological polar surface area (TPSA) is 29.1 Å². The fourth-order valence-electron chi connectivity index (χ4n) is 2.95. The van der Waals surface area contributed by atoms with Crippen molar-refractivity contribution in [3.05, 3.63) is 33.8 Å². The first-order valence-corrected chi connectivity index (χ1v) is 7.90. The van der Waals surface area contributed by atoms with E-state index >= 15 is 0 Å². The summed E-state index contributed by atoms with van der Waals surface area (Å²) in [6.07, 6.45) is 6.26. The van der Waals surface area contributed by atoms with Crippen LogP contribution in [0.5, 0.6) is 0 Å². The Morgan fingerprint density at radius 1 is 1.37 bits per heavy atom. The SMILES string of the molecule is CCC1(CNC(=O)c2ccc(C)cc2Br)CCCC1. The molecule has 1 saturated carbocycles. The number of nitrogens with one attached hydrogen (secondary N) is 1. The molecular formula is C16H22BrNO. The second kappa shape index (κ2) is 6.08. The van der Waals surface area contributed by atoms with Gasteiger partial charge in [-0.05, 0) is 65.2 Å². The number of benzene rings is 1. The van der Waals surface area contributed by atoms with E-state index < -0.39 is 0 Å². The first kappa shape index (κ1) is 14.6. The molecule has 3 heteroatoms. The van der Waals surface area contributed by atoms with Crippen LogP contribution in [0.15, 0.2) is 22.7 Å². The first-order valence-electron chi connectivity index (χ1n) is 7.11. The summed E-state index contributed by atoms with van der Waals surface area (Å²) in [7, 11) is 0. The number of carbonyl (C=O) groups is 1. The molecule has 0 atom stereocenters. The highest BCUT2D eigenvalue weighted by atomic mass is 79.9. The monoisotopic (exact) mass is 323 g/mol. The van der Waals surface area contributed by atoms with E-state index in [4.69, 9.17) is 0 Å². The van der Waals surface area contributed by atoms with Crippen molar-refractivity contribution in [2.75, 3.05) is 6.54 Å². The van der Waals surface area contributed by atoms with Crippen molar-refractivity contribution >= 4 is 21.8 Å². The Morgan fingerprint density at radius 3 is 2.63 bits per heavy atom. The predicted molar refractivity (Wildman–Crippen MR) is 82.4 cm³/mol. The Morgan fingerprint density at radius 2 is 2.05 bits per heavy atom. The highest BCUT2D eigenvalue weighted by Crippen LogP contribution is 2.40. The third kappa shape index (κ3) is 3.38. The maximum atomic E-state index is 12.3. The molecule has 1 N–H and O–H groups in total. The van der Waals surface area contributed by atoms with Crippen molar-refractivity contribution in [2.24, 2.45) is 5.41 Å². The molecule has 1 aromatic carbocycles. The van der Waals surface area contributed by atoms with Crippen LogP contribution in [0.2, 0.25) is 0 Å². The molecule has 0 aliphatic heterocycles. The van der Waals surface area contributed by atoms with Gasteiger partial charge in [-0.1, -0.05) is 25.8 Å². The van der Waals surface area contributed by atoms with E-state index in [1.54, 1.807) is 0 Å². The molecule has 0 heterocycles. The van der Waals surface area contributed by atoms with Gasteiger partial charge in [0.15, 0.2) is 0 Å². The van der Waals surface area contributed by atoms with Gasteiger partial charge in [0.05, 0.1) is 5.56 Å². The smallest absolute Gasteiger partial charge is 0.252 e. The van der Waals surface area contributed by atoms with Crippen molar-refractivity contribution in [3.8, 4) is 0 Å². The summed E-state index contributed by atoms with van der Waals surface area (Å²) < 4.78 is 0.877. The van der Waals surface area contributed by atoms with Crippen molar-refractivity contribution in [2.45, 2.75) is 46.0 Å². The number of rotatable bonds is 4. The van der Waals surface area contributed by atoms with E-state index in [9.17, 15) is 4.79 Å². The fourth-order valence-corrected chi connectivity index (χ4v) is 3.62. The van der Waals surface area contributed by atoms with Crippen LogP contribution in [0.4, 0.5) is 0 Å². The molecule has 1 aliphatic rings. The largest absolute Gasteiger partial charge is 0.351 e. The molecular weight excluding hydrogens is 302 g/mol. The molecule has 0 spiro atoms. The lowest BCUT2D eigenvalue weighted by atomic mass is 9.83. The molecule has 0 unspecified atom stereocenters. The van der Waals surface area contributed by atoms with Crippen LogP contribution in [0.3, 0.4) is 0 Å². The average molecular weight is 324 g/mol. The number of hydrogen-bond acceptors (Lipinski definition) is 1. The summed E-state index contributed by atoms with van der Waals surface area (Å²) in [6, 6.07) is 5.85. The zero-order chi connectivity index (χ0) is 13.9. The van der Waals surface area contributed by atoms with Crippen LogP contribution < -0.4 is 5.32 Å². The van der Waals surface area contributed by atoms with Crippen LogP contribution in [-0.4, -0.2) is 12.5 Å². The lowest BCUT2D eigenvalue weighted by molar-refractivity contribution is 0.0928. The third-order valence-electron chi connectivity index (χ3n) is 4.41. The molecule has 1 aliphatic carbocycles. The molecule has 0 bridgehead atoms. The summed E-state index contributed by atoms with van der Waals surface area (Å²) >= 11 is 3.47. The van der Waals surface area contributed by atoms with E-state index in [1.807, 2.05) is 25.1 Å². The summed E-state index contributed by atoms with van der Waals surface area (Å²) in [5, 5.41) is 3.12. The first-order chi connectivity index (χ1) is 9.06. The van der Waals surface area contributed by atoms with Gasteiger partial charge in [-0.25, -0.2) is 0 Å². The Hall–Kier alpha value is -0.830. The number of aryl methyl sites for hydroxylation is 1. The second-order valence-corrected chi connectivity index (χ2v) is 6.58. The number of carbonyl (C=O) groups excluding carboxylic acids is 1. The van der Waals surface area contributed by atoms with Gasteiger partial charge in [-0.3, -0.25) is 4.79 Å². The van der Waals surface area contributed by atoms with Crippen LogP contribution in [-0.2, 0) is 0 Å². The van der Waals surface area contributed by atoms with E-state index in [-0.39, 0.29) is 5.91 Å². The fraction of sp³-hybridized carbons (Fsp3) is 0.562. The van der Waals surface area contributed by atoms with Crippen molar-refractivity contribution < 1.29 is 4.79 Å². The molecule has 0 radical (unpaired) electrons. The Balaban J connectivity index is 2.01. The van der Waals surface area contributed by atoms with Crippen LogP contribution in [0.25, 0.3) is 0 Å². The highest BCUT2D eigenvalue weighted by molar-refractivity contribution is 9.10. The number of halogens is 1. The molecule has 1 fully saturated rings. The summed E-state index contributed by atoms with van der Waals surface area (Å²) in [5.74, 6) is 0.0339. The van der Waals surface area contributed by atoms with Crippen LogP contribution in [0, 0.1) is 12.3 Å². The molecule has 1 aromatic rings. The minimum atomic E-state index is 0.0339. The van der Waals surface area contributed by atoms with E-state index in [2.05, 4.69) is 28.2 Å². The second-order valence-electron chi connectivity index (χ2n) is 5.73. The molecule has 0 aromatic heterocycles. The van der Waals surface area contributed by atoms with E-state index in [0.717, 1.165) is 28.6 Å². The molecule has 2 nitrogen and oxygen atoms in total. The molecule has 1 amide bonds. The van der Waals surface area contributed by atoms with Gasteiger partial charge in [-0.2, -0.15) is 0 Å². The van der Waals surface area contributed by atoms with Gasteiger partial charge in [0, 0.05) is 11.0 Å². The van der Waals surface area contributed by atoms with Gasteiger partial charge in [0.25, 0.3) is 5.91 Å². The molecule has 19 heavy (non-hydrogen) atoms. The maximum absolute atomic E-state index is 12.3. The quantitative estimate of drug-likeness (QED) is 0.870. The maximum Gasteiger partial charge on any atom is 0.252 e. The summed E-state index contributed by atoms with van der Waals surface area (Å²) in [6.45, 7) is 5.07. The van der Waals surface area contributed by atoms with Crippen molar-refractivity contribution in [3.63, 3.8) is 0 Å². The lowest BCUT2D eigenvalue weighted by Gasteiger charge is -2.27. The number of amides is 1. The normalized spacial score (nSPS) is 17.4. The zero-order valence-electron chi connectivity index (χ0n) is 11.8. The Labute approximate surface area is 124 Å². The Kier molecular flexibility index (Phi) is 4.67. The zero-order valence-corrected chi connectivity index (χ0v) is 13.3. The minimum absolute atomic E-state index is 0.0339. The minimum Gasteiger partial charge on any atom is -0.351 e. The molecule has 2 rings (SSSR count). The van der Waals surface area contributed by atoms with Gasteiger partial charge in [-0.15, -0.1) is 0 Å².